The fourth-order valence-electron chi connectivity index (χ4n) is 5.29. The highest BCUT2D eigenvalue weighted by Gasteiger charge is 2.22. The third-order valence-electron chi connectivity index (χ3n) is 7.54. The number of H-pyrrole nitrogens is 1. The summed E-state index contributed by atoms with van der Waals surface area (Å²) in [5, 5.41) is 10.8. The Morgan fingerprint density at radius 1 is 1.20 bits per heavy atom. The van der Waals surface area contributed by atoms with Crippen molar-refractivity contribution in [3.63, 3.8) is 0 Å². The van der Waals surface area contributed by atoms with Crippen molar-refractivity contribution in [3.05, 3.63) is 59.1 Å². The van der Waals surface area contributed by atoms with Crippen LogP contribution in [0.1, 0.15) is 29.8 Å². The lowest BCUT2D eigenvalue weighted by atomic mass is 9.94. The van der Waals surface area contributed by atoms with Crippen LogP contribution in [-0.2, 0) is 0 Å². The van der Waals surface area contributed by atoms with Crippen molar-refractivity contribution >= 4 is 45.7 Å². The van der Waals surface area contributed by atoms with E-state index in [0.29, 0.717) is 70.6 Å². The van der Waals surface area contributed by atoms with Crippen LogP contribution in [0, 0.1) is 11.7 Å². The van der Waals surface area contributed by atoms with E-state index in [1.54, 1.807) is 24.4 Å². The van der Waals surface area contributed by atoms with Gasteiger partial charge in [-0.15, -0.1) is 0 Å². The summed E-state index contributed by atoms with van der Waals surface area (Å²) in [6.45, 7) is 3.90. The van der Waals surface area contributed by atoms with Crippen LogP contribution in [0.5, 0.6) is 5.75 Å². The zero-order valence-corrected chi connectivity index (χ0v) is 22.9. The van der Waals surface area contributed by atoms with Crippen LogP contribution in [0.15, 0.2) is 42.6 Å². The molecule has 9 nitrogen and oxygen atoms in total. The maximum Gasteiger partial charge on any atom is 0.267 e. The minimum Gasteiger partial charge on any atom is -0.486 e. The molecule has 1 aromatic carbocycles. The van der Waals surface area contributed by atoms with Gasteiger partial charge in [0.25, 0.3) is 5.91 Å². The van der Waals surface area contributed by atoms with Crippen molar-refractivity contribution in [2.24, 2.45) is 5.92 Å². The zero-order chi connectivity index (χ0) is 27.6. The van der Waals surface area contributed by atoms with Crippen molar-refractivity contribution in [2.75, 3.05) is 50.5 Å². The highest BCUT2D eigenvalue weighted by molar-refractivity contribution is 6.30. The number of carbonyl (C=O) groups is 1. The molecule has 0 radical (unpaired) electrons. The number of ether oxygens (including phenoxy) is 1. The Labute approximate surface area is 236 Å². The maximum atomic E-state index is 14.7. The zero-order valence-electron chi connectivity index (χ0n) is 22.2. The van der Waals surface area contributed by atoms with Gasteiger partial charge in [-0.25, -0.2) is 14.4 Å². The third-order valence-corrected chi connectivity index (χ3v) is 7.78. The largest absolute Gasteiger partial charge is 0.486 e. The number of aromatic amines is 1. The number of fused-ring (bicyclic) bond motifs is 2. The van der Waals surface area contributed by atoms with E-state index in [-0.39, 0.29) is 11.5 Å². The van der Waals surface area contributed by atoms with Gasteiger partial charge in [0.2, 0.25) is 0 Å². The number of aromatic nitrogens is 3. The van der Waals surface area contributed by atoms with E-state index >= 15 is 0 Å². The summed E-state index contributed by atoms with van der Waals surface area (Å²) in [7, 11) is 2.15. The molecule has 0 spiro atoms. The molecule has 5 heterocycles. The first kappa shape index (κ1) is 26.3. The molecular formula is C29H31ClFN7O2. The molecule has 0 saturated carbocycles. The number of halogens is 2. The normalized spacial score (nSPS) is 15.8. The summed E-state index contributed by atoms with van der Waals surface area (Å²) in [6.07, 6.45) is 4.97. The van der Waals surface area contributed by atoms with Crippen LogP contribution in [0.4, 0.5) is 21.6 Å². The van der Waals surface area contributed by atoms with E-state index in [1.165, 1.54) is 25.0 Å². The highest BCUT2D eigenvalue weighted by Crippen LogP contribution is 2.40. The Morgan fingerprint density at radius 2 is 2.05 bits per heavy atom. The van der Waals surface area contributed by atoms with Gasteiger partial charge in [0.1, 0.15) is 23.8 Å². The first-order valence-corrected chi connectivity index (χ1v) is 13.9. The molecule has 1 fully saturated rings. The molecule has 2 aliphatic rings. The molecule has 1 amide bonds. The van der Waals surface area contributed by atoms with Crippen molar-refractivity contribution in [1.82, 2.24) is 25.2 Å². The number of rotatable bonds is 7. The van der Waals surface area contributed by atoms with Gasteiger partial charge in [-0.05, 0) is 81.7 Å². The number of nitrogens with one attached hydrogen (secondary N) is 4. The van der Waals surface area contributed by atoms with Crippen LogP contribution in [-0.4, -0.2) is 65.6 Å². The van der Waals surface area contributed by atoms with Gasteiger partial charge in [-0.3, -0.25) is 4.79 Å². The molecule has 40 heavy (non-hydrogen) atoms. The number of likely N-dealkylation sites (tertiary alicyclic amines) is 1. The van der Waals surface area contributed by atoms with Crippen LogP contribution in [0.25, 0.3) is 22.3 Å². The van der Waals surface area contributed by atoms with Crippen LogP contribution < -0.4 is 20.7 Å². The monoisotopic (exact) mass is 563 g/mol. The Kier molecular flexibility index (Phi) is 7.44. The third kappa shape index (κ3) is 5.55. The number of anilines is 3. The molecule has 3 aromatic heterocycles. The first-order valence-electron chi connectivity index (χ1n) is 13.5. The summed E-state index contributed by atoms with van der Waals surface area (Å²) >= 11 is 6.15. The fraction of sp³-hybridized carbons (Fsp3) is 0.345. The summed E-state index contributed by atoms with van der Waals surface area (Å²) in [4.78, 5) is 27.4. The summed E-state index contributed by atoms with van der Waals surface area (Å²) < 4.78 is 20.6. The van der Waals surface area contributed by atoms with Gasteiger partial charge in [0.05, 0.1) is 23.6 Å². The van der Waals surface area contributed by atoms with E-state index in [2.05, 4.69) is 42.8 Å². The Hall–Kier alpha value is -3.89. The average Bonchev–Trinajstić information content (AvgIpc) is 3.41. The molecule has 0 bridgehead atoms. The Morgan fingerprint density at radius 3 is 2.90 bits per heavy atom. The summed E-state index contributed by atoms with van der Waals surface area (Å²) in [5.41, 5.74) is 3.02. The first-order chi connectivity index (χ1) is 19.4. The molecule has 4 aromatic rings. The number of piperidine rings is 1. The molecule has 208 valence electrons. The van der Waals surface area contributed by atoms with E-state index in [1.807, 2.05) is 6.07 Å². The molecule has 0 aliphatic carbocycles. The Bertz CT molecular complexity index is 1550. The number of hydrogen-bond acceptors (Lipinski definition) is 7. The molecule has 6 rings (SSSR count). The van der Waals surface area contributed by atoms with Gasteiger partial charge in [-0.1, -0.05) is 11.6 Å². The number of pyridine rings is 2. The van der Waals surface area contributed by atoms with Crippen LogP contribution in [0.2, 0.25) is 5.02 Å². The highest BCUT2D eigenvalue weighted by atomic mass is 35.5. The number of benzene rings is 1. The smallest absolute Gasteiger partial charge is 0.267 e. The topological polar surface area (TPSA) is 107 Å². The second-order valence-electron chi connectivity index (χ2n) is 10.4. The molecule has 11 heteroatoms. The predicted octanol–water partition coefficient (Wildman–Crippen LogP) is 5.43. The molecule has 4 N–H and O–H groups in total. The van der Waals surface area contributed by atoms with Gasteiger partial charge < -0.3 is 30.6 Å². The lowest BCUT2D eigenvalue weighted by Crippen LogP contribution is -2.32. The average molecular weight is 564 g/mol. The number of amides is 1. The predicted molar refractivity (Wildman–Crippen MR) is 155 cm³/mol. The van der Waals surface area contributed by atoms with E-state index in [4.69, 9.17) is 16.3 Å². The summed E-state index contributed by atoms with van der Waals surface area (Å²) in [5.74, 6) is 1.09. The number of hydrogen-bond donors (Lipinski definition) is 4. The number of nitrogens with zero attached hydrogens (tertiary/aromatic N) is 3. The number of carbonyl (C=O) groups excluding carboxylic acids is 1. The SMILES string of the molecule is CN1CCC(CCNC(=O)c2cc3c(Nc4cc(-c5cc(Cl)ccc5F)nc5c4OCCN5)ccnc3[nH]2)CC1. The van der Waals surface area contributed by atoms with Gasteiger partial charge in [0, 0.05) is 28.7 Å². The van der Waals surface area contributed by atoms with E-state index < -0.39 is 5.82 Å². The minimum atomic E-state index is -0.428. The quantitative estimate of drug-likeness (QED) is 0.238. The maximum absolute atomic E-state index is 14.7. The molecular weight excluding hydrogens is 533 g/mol. The second-order valence-corrected chi connectivity index (χ2v) is 10.8. The van der Waals surface area contributed by atoms with Crippen molar-refractivity contribution in [3.8, 4) is 17.0 Å². The van der Waals surface area contributed by atoms with E-state index in [0.717, 1.165) is 24.9 Å². The van der Waals surface area contributed by atoms with E-state index in [9.17, 15) is 9.18 Å². The standard InChI is InChI=1S/C29H31ClFN7O2/c1-38-11-6-17(7-12-38)4-8-34-29(39)25-15-20-22(5-9-32-27(20)37-25)35-24-16-23(19-14-18(30)2-3-21(19)31)36-28-26(24)40-13-10-33-28/h2-3,5,9,14-17H,4,6-8,10-13H2,1H3,(H,34,39)(H3,32,33,35,36,37). The van der Waals surface area contributed by atoms with Crippen LogP contribution >= 0.6 is 11.6 Å². The second kappa shape index (κ2) is 11.3. The molecule has 0 unspecified atom stereocenters. The molecule has 0 atom stereocenters. The summed E-state index contributed by atoms with van der Waals surface area (Å²) in [6, 6.07) is 9.72. The fourth-order valence-corrected chi connectivity index (χ4v) is 5.46. The van der Waals surface area contributed by atoms with Gasteiger partial charge >= 0.3 is 0 Å². The van der Waals surface area contributed by atoms with Crippen molar-refractivity contribution < 1.29 is 13.9 Å². The Balaban J connectivity index is 1.25. The minimum absolute atomic E-state index is 0.163. The van der Waals surface area contributed by atoms with Crippen molar-refractivity contribution in [1.29, 1.82) is 0 Å². The lowest BCUT2D eigenvalue weighted by molar-refractivity contribution is 0.0944. The van der Waals surface area contributed by atoms with Crippen LogP contribution in [0.3, 0.4) is 0 Å². The van der Waals surface area contributed by atoms with Crippen molar-refractivity contribution in [2.45, 2.75) is 19.3 Å². The van der Waals surface area contributed by atoms with Gasteiger partial charge in [0.15, 0.2) is 11.6 Å². The molecule has 1 saturated heterocycles. The lowest BCUT2D eigenvalue weighted by Gasteiger charge is -2.28. The van der Waals surface area contributed by atoms with Gasteiger partial charge in [-0.2, -0.15) is 0 Å². The molecule has 2 aliphatic heterocycles.